The minimum atomic E-state index is -4.08. The Kier molecular flexibility index (Phi) is 6.77. The van der Waals surface area contributed by atoms with Gasteiger partial charge in [-0.25, -0.2) is 0 Å². The number of nitriles is 1. The first-order valence-corrected chi connectivity index (χ1v) is 12.3. The molecule has 34 heavy (non-hydrogen) atoms. The molecule has 168 valence electrons. The van der Waals surface area contributed by atoms with E-state index in [4.69, 9.17) is 4.18 Å². The summed E-state index contributed by atoms with van der Waals surface area (Å²) in [6.45, 7) is 0. The fourth-order valence-corrected chi connectivity index (χ4v) is 4.42. The van der Waals surface area contributed by atoms with Crippen molar-refractivity contribution in [1.82, 2.24) is 0 Å². The summed E-state index contributed by atoms with van der Waals surface area (Å²) in [6, 6.07) is 27.1. The van der Waals surface area contributed by atoms with Crippen molar-refractivity contribution in [2.45, 2.75) is 4.90 Å². The predicted octanol–water partition coefficient (Wildman–Crippen LogP) is 5.92. The molecule has 0 aliphatic carbocycles. The van der Waals surface area contributed by atoms with E-state index in [9.17, 15) is 18.5 Å². The molecule has 6 nitrogen and oxygen atoms in total. The van der Waals surface area contributed by atoms with E-state index in [2.05, 4.69) is 21.2 Å². The number of benzene rings is 4. The maximum absolute atomic E-state index is 12.8. The molecule has 8 heteroatoms. The minimum Gasteiger partial charge on any atom is -0.379 e. The van der Waals surface area contributed by atoms with Crippen molar-refractivity contribution in [1.29, 1.82) is 5.26 Å². The summed E-state index contributed by atoms with van der Waals surface area (Å²) in [4.78, 5) is 12.5. The number of hydrogen-bond donors (Lipinski definition) is 1. The Bertz CT molecular complexity index is 1560. The molecule has 0 heterocycles. The maximum Gasteiger partial charge on any atom is 0.339 e. The average Bonchev–Trinajstić information content (AvgIpc) is 2.83. The molecule has 0 saturated carbocycles. The topological polar surface area (TPSA) is 96.3 Å². The summed E-state index contributed by atoms with van der Waals surface area (Å²) < 4.78 is 31.8. The normalized spacial score (nSPS) is 11.6. The summed E-state index contributed by atoms with van der Waals surface area (Å²) in [7, 11) is -4.08. The highest BCUT2D eigenvalue weighted by molar-refractivity contribution is 9.10. The highest BCUT2D eigenvalue weighted by atomic mass is 79.9. The summed E-state index contributed by atoms with van der Waals surface area (Å²) in [5, 5.41) is 13.8. The van der Waals surface area contributed by atoms with E-state index >= 15 is 0 Å². The number of fused-ring (bicyclic) bond motifs is 1. The molecular formula is C26H17BrN2O4S. The van der Waals surface area contributed by atoms with Crippen LogP contribution in [0.25, 0.3) is 16.8 Å². The molecule has 0 saturated heterocycles. The van der Waals surface area contributed by atoms with Crippen LogP contribution < -0.4 is 9.50 Å². The first-order valence-electron chi connectivity index (χ1n) is 10.1. The number of nitrogens with one attached hydrogen (secondary N) is 1. The Morgan fingerprint density at radius 2 is 1.65 bits per heavy atom. The van der Waals surface area contributed by atoms with Crippen LogP contribution in [0.15, 0.2) is 106 Å². The molecule has 4 aromatic rings. The molecule has 4 aromatic carbocycles. The predicted molar refractivity (Wildman–Crippen MR) is 135 cm³/mol. The number of hydrogen-bond acceptors (Lipinski definition) is 5. The number of nitrogens with zero attached hydrogens (tertiary/aromatic N) is 1. The SMILES string of the molecule is N#C/C(=C/c1cccc(OS(=O)(=O)c2ccc3ccccc3c2)c1)C(=O)Nc1ccc(Br)cc1. The third kappa shape index (κ3) is 5.52. The molecule has 0 aliphatic heterocycles. The van der Waals surface area contributed by atoms with E-state index in [-0.39, 0.29) is 16.2 Å². The van der Waals surface area contributed by atoms with Crippen molar-refractivity contribution in [3.8, 4) is 11.8 Å². The second-order valence-electron chi connectivity index (χ2n) is 7.25. The van der Waals surface area contributed by atoms with E-state index in [1.165, 1.54) is 24.3 Å². The standard InChI is InChI=1S/C26H17BrN2O4S/c27-22-9-11-23(12-10-22)29-26(30)21(17-28)14-18-4-3-7-24(15-18)33-34(31,32)25-13-8-19-5-1-2-6-20(19)16-25/h1-16H,(H,29,30)/b21-14-. The molecule has 1 amide bonds. The molecule has 1 N–H and O–H groups in total. The zero-order valence-corrected chi connectivity index (χ0v) is 20.0. The van der Waals surface area contributed by atoms with Crippen molar-refractivity contribution < 1.29 is 17.4 Å². The largest absolute Gasteiger partial charge is 0.379 e. The van der Waals surface area contributed by atoms with E-state index in [0.29, 0.717) is 11.3 Å². The van der Waals surface area contributed by atoms with Crippen LogP contribution in [0.3, 0.4) is 0 Å². The third-order valence-corrected chi connectivity index (χ3v) is 6.62. The zero-order valence-electron chi connectivity index (χ0n) is 17.6. The van der Waals surface area contributed by atoms with Crippen molar-refractivity contribution in [2.24, 2.45) is 0 Å². The third-order valence-electron chi connectivity index (χ3n) is 4.85. The zero-order chi connectivity index (χ0) is 24.1. The van der Waals surface area contributed by atoms with Crippen molar-refractivity contribution in [2.75, 3.05) is 5.32 Å². The Balaban J connectivity index is 1.55. The van der Waals surface area contributed by atoms with Crippen LogP contribution in [0.1, 0.15) is 5.56 Å². The maximum atomic E-state index is 12.8. The molecule has 0 bridgehead atoms. The van der Waals surface area contributed by atoms with E-state index in [1.807, 2.05) is 30.3 Å². The molecule has 0 radical (unpaired) electrons. The van der Waals surface area contributed by atoms with Crippen LogP contribution in [0.4, 0.5) is 5.69 Å². The van der Waals surface area contributed by atoms with Gasteiger partial charge in [0.15, 0.2) is 0 Å². The van der Waals surface area contributed by atoms with Gasteiger partial charge in [0.25, 0.3) is 5.91 Å². The molecule has 4 rings (SSSR count). The Labute approximate surface area is 205 Å². The van der Waals surface area contributed by atoms with Crippen molar-refractivity contribution in [3.05, 3.63) is 107 Å². The van der Waals surface area contributed by atoms with Crippen LogP contribution >= 0.6 is 15.9 Å². The highest BCUT2D eigenvalue weighted by Crippen LogP contribution is 2.24. The first-order chi connectivity index (χ1) is 16.3. The van der Waals surface area contributed by atoms with E-state index < -0.39 is 16.0 Å². The Morgan fingerprint density at radius 3 is 2.38 bits per heavy atom. The molecule has 0 unspecified atom stereocenters. The van der Waals surface area contributed by atoms with Crippen LogP contribution in [0, 0.1) is 11.3 Å². The van der Waals surface area contributed by atoms with Gasteiger partial charge in [-0.1, -0.05) is 58.4 Å². The van der Waals surface area contributed by atoms with E-state index in [1.54, 1.807) is 48.5 Å². The number of carbonyl (C=O) groups excluding carboxylic acids is 1. The lowest BCUT2D eigenvalue weighted by Crippen LogP contribution is -2.13. The number of anilines is 1. The van der Waals surface area contributed by atoms with Gasteiger partial charge in [0.05, 0.1) is 0 Å². The smallest absolute Gasteiger partial charge is 0.339 e. The lowest BCUT2D eigenvalue weighted by Gasteiger charge is -2.09. The van der Waals surface area contributed by atoms with Crippen LogP contribution in [0.5, 0.6) is 5.75 Å². The van der Waals surface area contributed by atoms with Crippen LogP contribution in [-0.2, 0) is 14.9 Å². The van der Waals surface area contributed by atoms with E-state index in [0.717, 1.165) is 15.2 Å². The summed E-state index contributed by atoms with van der Waals surface area (Å²) >= 11 is 3.32. The van der Waals surface area contributed by atoms with Gasteiger partial charge in [0, 0.05) is 10.2 Å². The highest BCUT2D eigenvalue weighted by Gasteiger charge is 2.17. The lowest BCUT2D eigenvalue weighted by atomic mass is 10.1. The number of halogens is 1. The molecule has 0 fully saturated rings. The quantitative estimate of drug-likeness (QED) is 0.189. The molecule has 0 aromatic heterocycles. The Morgan fingerprint density at radius 1 is 0.912 bits per heavy atom. The molecule has 0 atom stereocenters. The minimum absolute atomic E-state index is 0.0266. The fourth-order valence-electron chi connectivity index (χ4n) is 3.20. The number of carbonyl (C=O) groups is 1. The number of rotatable bonds is 6. The van der Waals surface area contributed by atoms with Crippen molar-refractivity contribution in [3.63, 3.8) is 0 Å². The van der Waals surface area contributed by atoms with Gasteiger partial charge in [0.1, 0.15) is 22.3 Å². The van der Waals surface area contributed by atoms with Gasteiger partial charge in [-0.3, -0.25) is 4.79 Å². The number of amides is 1. The van der Waals surface area contributed by atoms with Crippen LogP contribution in [0.2, 0.25) is 0 Å². The van der Waals surface area contributed by atoms with Gasteiger partial charge in [-0.15, -0.1) is 0 Å². The van der Waals surface area contributed by atoms with Gasteiger partial charge < -0.3 is 9.50 Å². The first kappa shape index (κ1) is 23.2. The van der Waals surface area contributed by atoms with Gasteiger partial charge >= 0.3 is 10.1 Å². The Hall–Kier alpha value is -3.93. The second kappa shape index (κ2) is 9.91. The van der Waals surface area contributed by atoms with Gasteiger partial charge in [0.2, 0.25) is 0 Å². The van der Waals surface area contributed by atoms with Crippen LogP contribution in [-0.4, -0.2) is 14.3 Å². The lowest BCUT2D eigenvalue weighted by molar-refractivity contribution is -0.112. The monoisotopic (exact) mass is 532 g/mol. The van der Waals surface area contributed by atoms with Gasteiger partial charge in [-0.05, 0) is 70.9 Å². The summed E-state index contributed by atoms with van der Waals surface area (Å²) in [6.07, 6.45) is 1.36. The fraction of sp³-hybridized carbons (Fsp3) is 0. The summed E-state index contributed by atoms with van der Waals surface area (Å²) in [5.41, 5.74) is 0.832. The molecule has 0 aliphatic rings. The summed E-state index contributed by atoms with van der Waals surface area (Å²) in [5.74, 6) is -0.521. The van der Waals surface area contributed by atoms with Crippen molar-refractivity contribution >= 4 is 54.5 Å². The second-order valence-corrected chi connectivity index (χ2v) is 9.71. The average molecular weight is 533 g/mol. The van der Waals surface area contributed by atoms with Gasteiger partial charge in [-0.2, -0.15) is 13.7 Å². The molecule has 0 spiro atoms. The molecular weight excluding hydrogens is 516 g/mol.